The van der Waals surface area contributed by atoms with Crippen LogP contribution in [0.2, 0.25) is 5.02 Å². The van der Waals surface area contributed by atoms with Crippen LogP contribution in [0.3, 0.4) is 0 Å². The maximum Gasteiger partial charge on any atom is 0.328 e. The van der Waals surface area contributed by atoms with Gasteiger partial charge in [0.25, 0.3) is 0 Å². The normalized spacial score (nSPS) is 10.7. The summed E-state index contributed by atoms with van der Waals surface area (Å²) in [7, 11) is 3.29. The summed E-state index contributed by atoms with van der Waals surface area (Å²) in [6, 6.07) is 5.10. The Labute approximate surface area is 124 Å². The summed E-state index contributed by atoms with van der Waals surface area (Å²) in [5.41, 5.74) is 1.56. The third-order valence-electron chi connectivity index (χ3n) is 2.62. The number of anilines is 1. The van der Waals surface area contributed by atoms with Gasteiger partial charge in [-0.3, -0.25) is 10.2 Å². The van der Waals surface area contributed by atoms with Crippen LogP contribution in [-0.2, 0) is 0 Å². The van der Waals surface area contributed by atoms with E-state index < -0.39 is 0 Å². The number of guanidine groups is 1. The van der Waals surface area contributed by atoms with Gasteiger partial charge in [0.05, 0.1) is 10.7 Å². The lowest BCUT2D eigenvalue weighted by Gasteiger charge is -2.21. The average Bonchev–Trinajstić information content (AvgIpc) is 2.42. The first-order chi connectivity index (χ1) is 9.51. The Hall–Kier alpha value is -2.19. The van der Waals surface area contributed by atoms with Crippen molar-refractivity contribution in [1.29, 1.82) is 0 Å². The summed E-state index contributed by atoms with van der Waals surface area (Å²) in [6.45, 7) is 2.07. The number of carbonyl (C=O) groups excluding carboxylic acids is 1. The van der Waals surface area contributed by atoms with Gasteiger partial charge >= 0.3 is 6.03 Å². The van der Waals surface area contributed by atoms with E-state index in [4.69, 9.17) is 18.0 Å². The highest BCUT2D eigenvalue weighted by Crippen LogP contribution is 2.28. The standard InChI is InChI=1S/C14H17ClN4O/c1-5-9-17-13(16-3)18-14(20)19(4)12-10(2)7-6-8-11(12)15/h1,6-8H,9H2,2-4H3,(H2,16,17,18,20). The minimum absolute atomic E-state index is 0.186. The van der Waals surface area contributed by atoms with Crippen LogP contribution in [0.1, 0.15) is 5.56 Å². The van der Waals surface area contributed by atoms with Gasteiger partial charge in [-0.1, -0.05) is 29.7 Å². The molecular weight excluding hydrogens is 276 g/mol. The van der Waals surface area contributed by atoms with E-state index in [0.717, 1.165) is 5.56 Å². The molecule has 0 saturated carbocycles. The van der Waals surface area contributed by atoms with Crippen LogP contribution in [0.25, 0.3) is 0 Å². The van der Waals surface area contributed by atoms with E-state index in [-0.39, 0.29) is 12.6 Å². The summed E-state index contributed by atoms with van der Waals surface area (Å²) in [5, 5.41) is 5.90. The number of nitrogens with zero attached hydrogens (tertiary/aromatic N) is 2. The van der Waals surface area contributed by atoms with Crippen molar-refractivity contribution < 1.29 is 4.79 Å². The summed E-state index contributed by atoms with van der Waals surface area (Å²) in [4.78, 5) is 17.6. The van der Waals surface area contributed by atoms with Crippen LogP contribution in [0.5, 0.6) is 0 Å². The van der Waals surface area contributed by atoms with E-state index in [2.05, 4.69) is 21.5 Å². The van der Waals surface area contributed by atoms with Crippen LogP contribution in [0.15, 0.2) is 23.2 Å². The molecule has 0 unspecified atom stereocenters. The third kappa shape index (κ3) is 3.90. The molecule has 106 valence electrons. The van der Waals surface area contributed by atoms with E-state index in [1.54, 1.807) is 20.2 Å². The van der Waals surface area contributed by atoms with Crippen molar-refractivity contribution in [3.05, 3.63) is 28.8 Å². The zero-order valence-electron chi connectivity index (χ0n) is 11.7. The molecule has 0 radical (unpaired) electrons. The van der Waals surface area contributed by atoms with Gasteiger partial charge in [-0.05, 0) is 18.6 Å². The van der Waals surface area contributed by atoms with Crippen LogP contribution >= 0.6 is 11.6 Å². The molecular formula is C14H17ClN4O. The van der Waals surface area contributed by atoms with Gasteiger partial charge in [-0.2, -0.15) is 0 Å². The molecule has 6 heteroatoms. The lowest BCUT2D eigenvalue weighted by Crippen LogP contribution is -2.46. The highest BCUT2D eigenvalue weighted by molar-refractivity contribution is 6.34. The Morgan fingerprint density at radius 3 is 2.80 bits per heavy atom. The summed E-state index contributed by atoms with van der Waals surface area (Å²) in [6.07, 6.45) is 5.13. The Kier molecular flexibility index (Phi) is 5.88. The molecule has 2 N–H and O–H groups in total. The minimum Gasteiger partial charge on any atom is -0.359 e. The van der Waals surface area contributed by atoms with Crippen molar-refractivity contribution in [1.82, 2.24) is 10.6 Å². The lowest BCUT2D eigenvalue weighted by molar-refractivity contribution is 0.251. The van der Waals surface area contributed by atoms with Crippen molar-refractivity contribution in [2.24, 2.45) is 4.99 Å². The first kappa shape index (κ1) is 15.9. The maximum absolute atomic E-state index is 12.2. The van der Waals surface area contributed by atoms with Gasteiger partial charge in [0, 0.05) is 14.1 Å². The molecule has 0 heterocycles. The van der Waals surface area contributed by atoms with E-state index in [1.807, 2.05) is 19.1 Å². The van der Waals surface area contributed by atoms with E-state index in [1.165, 1.54) is 4.90 Å². The van der Waals surface area contributed by atoms with Gasteiger partial charge in [0.15, 0.2) is 5.96 Å². The van der Waals surface area contributed by atoms with Gasteiger partial charge in [0.2, 0.25) is 0 Å². The number of para-hydroxylation sites is 1. The first-order valence-electron chi connectivity index (χ1n) is 5.96. The molecule has 1 aromatic carbocycles. The molecule has 0 fully saturated rings. The van der Waals surface area contributed by atoms with Crippen LogP contribution in [0, 0.1) is 19.3 Å². The largest absolute Gasteiger partial charge is 0.359 e. The van der Waals surface area contributed by atoms with Crippen LogP contribution in [0.4, 0.5) is 10.5 Å². The number of hydrogen-bond acceptors (Lipinski definition) is 2. The van der Waals surface area contributed by atoms with Crippen molar-refractivity contribution >= 4 is 29.3 Å². The number of benzene rings is 1. The zero-order chi connectivity index (χ0) is 15.1. The second-order valence-corrected chi connectivity index (χ2v) is 4.42. The molecule has 0 spiro atoms. The second-order valence-electron chi connectivity index (χ2n) is 4.01. The summed E-state index contributed by atoms with van der Waals surface area (Å²) >= 11 is 6.13. The zero-order valence-corrected chi connectivity index (χ0v) is 12.5. The van der Waals surface area contributed by atoms with E-state index in [9.17, 15) is 4.79 Å². The first-order valence-corrected chi connectivity index (χ1v) is 6.34. The molecule has 0 aliphatic rings. The van der Waals surface area contributed by atoms with E-state index >= 15 is 0 Å². The van der Waals surface area contributed by atoms with E-state index in [0.29, 0.717) is 16.7 Å². The molecule has 5 nitrogen and oxygen atoms in total. The SMILES string of the molecule is C#CCN=C(NC)NC(=O)N(C)c1c(C)cccc1Cl. The predicted molar refractivity (Wildman–Crippen MR) is 83.3 cm³/mol. The number of urea groups is 1. The molecule has 0 aromatic heterocycles. The summed E-state index contributed by atoms with van der Waals surface area (Å²) < 4.78 is 0. The van der Waals surface area contributed by atoms with Crippen molar-refractivity contribution in [3.8, 4) is 12.3 Å². The third-order valence-corrected chi connectivity index (χ3v) is 2.92. The Balaban J connectivity index is 2.90. The van der Waals surface area contributed by atoms with Gasteiger partial charge < -0.3 is 5.32 Å². The molecule has 0 bridgehead atoms. The molecule has 2 amide bonds. The highest BCUT2D eigenvalue weighted by atomic mass is 35.5. The molecule has 0 aliphatic carbocycles. The number of hydrogen-bond donors (Lipinski definition) is 2. The molecule has 1 aromatic rings. The minimum atomic E-state index is -0.355. The fraction of sp³-hybridized carbons (Fsp3) is 0.286. The van der Waals surface area contributed by atoms with Crippen molar-refractivity contribution in [2.75, 3.05) is 25.5 Å². The maximum atomic E-state index is 12.2. The van der Waals surface area contributed by atoms with Crippen LogP contribution < -0.4 is 15.5 Å². The number of nitrogens with one attached hydrogen (secondary N) is 2. The Morgan fingerprint density at radius 1 is 1.55 bits per heavy atom. The van der Waals surface area contributed by atoms with Crippen molar-refractivity contribution in [2.45, 2.75) is 6.92 Å². The van der Waals surface area contributed by atoms with Gasteiger partial charge in [0.1, 0.15) is 6.54 Å². The fourth-order valence-electron chi connectivity index (χ4n) is 1.64. The number of aliphatic imine (C=N–C) groups is 1. The average molecular weight is 293 g/mol. The molecule has 0 saturated heterocycles. The fourth-order valence-corrected chi connectivity index (χ4v) is 1.99. The number of rotatable bonds is 2. The van der Waals surface area contributed by atoms with Crippen LogP contribution in [-0.4, -0.2) is 32.6 Å². The number of aryl methyl sites for hydroxylation is 1. The van der Waals surface area contributed by atoms with Crippen molar-refractivity contribution in [3.63, 3.8) is 0 Å². The Bertz CT molecular complexity index is 543. The number of carbonyl (C=O) groups is 1. The second kappa shape index (κ2) is 7.41. The van der Waals surface area contributed by atoms with Gasteiger partial charge in [-0.15, -0.1) is 6.42 Å². The highest BCUT2D eigenvalue weighted by Gasteiger charge is 2.16. The Morgan fingerprint density at radius 2 is 2.25 bits per heavy atom. The number of terminal acetylenes is 1. The molecule has 0 aliphatic heterocycles. The smallest absolute Gasteiger partial charge is 0.328 e. The molecule has 0 atom stereocenters. The summed E-state index contributed by atoms with van der Waals surface area (Å²) in [5.74, 6) is 2.68. The topological polar surface area (TPSA) is 56.7 Å². The molecule has 20 heavy (non-hydrogen) atoms. The monoisotopic (exact) mass is 292 g/mol. The quantitative estimate of drug-likeness (QED) is 0.498. The van der Waals surface area contributed by atoms with Gasteiger partial charge in [-0.25, -0.2) is 9.79 Å². The lowest BCUT2D eigenvalue weighted by atomic mass is 10.2. The predicted octanol–water partition coefficient (Wildman–Crippen LogP) is 2.00. The number of amides is 2. The number of halogens is 1. The molecule has 1 rings (SSSR count).